The maximum atomic E-state index is 7.14. The van der Waals surface area contributed by atoms with Crippen LogP contribution in [0.2, 0.25) is 54.4 Å². The first-order valence-electron chi connectivity index (χ1n) is 12.3. The number of ether oxygens (including phenoxy) is 2. The summed E-state index contributed by atoms with van der Waals surface area (Å²) in [7, 11) is -6.24. The van der Waals surface area contributed by atoms with Crippen LogP contribution in [0, 0.1) is 0 Å². The van der Waals surface area contributed by atoms with Crippen molar-refractivity contribution in [2.45, 2.75) is 147 Å². The van der Waals surface area contributed by atoms with E-state index in [1.54, 1.807) is 0 Å². The Morgan fingerprint density at radius 2 is 0.906 bits per heavy atom. The zero-order chi connectivity index (χ0) is 25.1. The third-order valence-corrected chi connectivity index (χ3v) is 22.1. The smallest absolute Gasteiger partial charge is 0.192 e. The molecule has 0 saturated carbocycles. The van der Waals surface area contributed by atoms with Gasteiger partial charge in [0.25, 0.3) is 0 Å². The number of rotatable bonds is 6. The largest absolute Gasteiger partial charge is 0.408 e. The third-order valence-electron chi connectivity index (χ3n) is 8.73. The first-order valence-corrected chi connectivity index (χ1v) is 21.0. The second-order valence-electron chi connectivity index (χ2n) is 14.4. The van der Waals surface area contributed by atoms with E-state index in [0.29, 0.717) is 6.61 Å². The summed E-state index contributed by atoms with van der Waals surface area (Å²) < 4.78 is 33.7. The predicted octanol–water partition coefficient (Wildman–Crippen LogP) is 6.91. The maximum Gasteiger partial charge on any atom is 0.192 e. The molecule has 2 aliphatic rings. The van der Waals surface area contributed by atoms with Gasteiger partial charge in [0.2, 0.25) is 0 Å². The molecule has 2 fully saturated rings. The van der Waals surface area contributed by atoms with E-state index < -0.39 is 25.0 Å². The quantitative estimate of drug-likeness (QED) is 0.368. The molecule has 5 atom stereocenters. The number of fused-ring (bicyclic) bond motifs is 2. The maximum absolute atomic E-state index is 7.14. The molecule has 0 aromatic carbocycles. The van der Waals surface area contributed by atoms with Gasteiger partial charge in [0.15, 0.2) is 31.2 Å². The van der Waals surface area contributed by atoms with Gasteiger partial charge >= 0.3 is 0 Å². The Balaban J connectivity index is 2.50. The van der Waals surface area contributed by atoms with Crippen LogP contribution in [-0.4, -0.2) is 62.3 Å². The molecule has 2 aliphatic heterocycles. The van der Waals surface area contributed by atoms with E-state index in [2.05, 4.69) is 102 Å². The van der Waals surface area contributed by atoms with Crippen LogP contribution < -0.4 is 0 Å². The van der Waals surface area contributed by atoms with Crippen LogP contribution >= 0.6 is 0 Å². The minimum Gasteiger partial charge on any atom is -0.408 e. The lowest BCUT2D eigenvalue weighted by atomic mass is 10.0. The molecule has 5 nitrogen and oxygen atoms in total. The molecule has 2 rings (SSSR count). The summed E-state index contributed by atoms with van der Waals surface area (Å²) in [6.07, 6.45) is -1.14. The SMILES string of the molecule is CC(C)(C)[Si](C)(C)O[C@@H]1[C@@H](O[Si](C)(C)C(C)(C)C)[C@@H]2OC[C@@H](O2)[C@H]1O[Si](C)(C)C(C)(C)C. The molecule has 0 unspecified atom stereocenters. The van der Waals surface area contributed by atoms with Crippen LogP contribution in [0.5, 0.6) is 0 Å². The Morgan fingerprint density at radius 1 is 0.562 bits per heavy atom. The molecule has 0 N–H and O–H groups in total. The van der Waals surface area contributed by atoms with Crippen molar-refractivity contribution >= 4 is 25.0 Å². The van der Waals surface area contributed by atoms with Crippen LogP contribution in [-0.2, 0) is 22.8 Å². The molecular weight excluding hydrogens is 453 g/mol. The van der Waals surface area contributed by atoms with Crippen molar-refractivity contribution in [3.63, 3.8) is 0 Å². The molecule has 190 valence electrons. The van der Waals surface area contributed by atoms with Gasteiger partial charge in [-0.25, -0.2) is 0 Å². The van der Waals surface area contributed by atoms with Crippen molar-refractivity contribution in [2.24, 2.45) is 0 Å². The summed E-state index contributed by atoms with van der Waals surface area (Å²) in [5.41, 5.74) is 0. The lowest BCUT2D eigenvalue weighted by Crippen LogP contribution is -2.65. The van der Waals surface area contributed by atoms with Crippen LogP contribution in [0.4, 0.5) is 0 Å². The van der Waals surface area contributed by atoms with Gasteiger partial charge in [-0.3, -0.25) is 0 Å². The minimum absolute atomic E-state index is 0.0831. The molecule has 2 bridgehead atoms. The standard InChI is InChI=1S/C24H52O5Si3/c1-22(2,3)30(10,11)27-18-17-16-25-21(26-17)20(29-32(14,15)24(7,8)9)19(18)28-31(12,13)23(4,5)6/h17-21H,16H2,1-15H3/t17-,18-,19+,20-,21-/m1/s1. The van der Waals surface area contributed by atoms with Gasteiger partial charge in [-0.2, -0.15) is 0 Å². The van der Waals surface area contributed by atoms with Crippen LogP contribution in [0.3, 0.4) is 0 Å². The average molecular weight is 505 g/mol. The molecule has 0 radical (unpaired) electrons. The predicted molar refractivity (Wildman–Crippen MR) is 141 cm³/mol. The Hall–Kier alpha value is 0.451. The zero-order valence-corrected chi connectivity index (χ0v) is 26.6. The van der Waals surface area contributed by atoms with E-state index in [1.165, 1.54) is 0 Å². The molecule has 2 heterocycles. The first-order chi connectivity index (χ1) is 14.0. The molecule has 0 amide bonds. The summed E-state index contributed by atoms with van der Waals surface area (Å²) in [6, 6.07) is 0. The highest BCUT2D eigenvalue weighted by molar-refractivity contribution is 6.75. The molecular formula is C24H52O5Si3. The Labute approximate surface area is 201 Å². The second kappa shape index (κ2) is 8.84. The van der Waals surface area contributed by atoms with Crippen molar-refractivity contribution in [3.05, 3.63) is 0 Å². The highest BCUT2D eigenvalue weighted by atomic mass is 28.4. The van der Waals surface area contributed by atoms with Crippen molar-refractivity contribution in [1.82, 2.24) is 0 Å². The van der Waals surface area contributed by atoms with Gasteiger partial charge in [0, 0.05) is 0 Å². The van der Waals surface area contributed by atoms with Gasteiger partial charge in [0.1, 0.15) is 24.4 Å². The van der Waals surface area contributed by atoms with Crippen molar-refractivity contribution < 1.29 is 22.8 Å². The molecule has 0 aromatic rings. The Bertz CT molecular complexity index is 616. The lowest BCUT2D eigenvalue weighted by molar-refractivity contribution is -0.216. The van der Waals surface area contributed by atoms with Crippen LogP contribution in [0.15, 0.2) is 0 Å². The molecule has 2 saturated heterocycles. The van der Waals surface area contributed by atoms with E-state index in [9.17, 15) is 0 Å². The minimum atomic E-state index is -2.09. The fourth-order valence-electron chi connectivity index (χ4n) is 3.29. The van der Waals surface area contributed by atoms with Gasteiger partial charge in [0.05, 0.1) is 6.61 Å². The Morgan fingerprint density at radius 3 is 1.28 bits per heavy atom. The molecule has 32 heavy (non-hydrogen) atoms. The van der Waals surface area contributed by atoms with Crippen molar-refractivity contribution in [2.75, 3.05) is 6.61 Å². The lowest BCUT2D eigenvalue weighted by Gasteiger charge is -2.52. The van der Waals surface area contributed by atoms with Crippen LogP contribution in [0.1, 0.15) is 62.3 Å². The number of hydrogen-bond acceptors (Lipinski definition) is 5. The van der Waals surface area contributed by atoms with E-state index >= 15 is 0 Å². The van der Waals surface area contributed by atoms with E-state index in [-0.39, 0.29) is 45.8 Å². The highest BCUT2D eigenvalue weighted by Crippen LogP contribution is 2.47. The summed E-state index contributed by atoms with van der Waals surface area (Å²) in [5.74, 6) is 0. The summed E-state index contributed by atoms with van der Waals surface area (Å²) in [4.78, 5) is 0. The van der Waals surface area contributed by atoms with Gasteiger partial charge in [-0.05, 0) is 54.4 Å². The van der Waals surface area contributed by atoms with Gasteiger partial charge in [-0.1, -0.05) is 62.3 Å². The van der Waals surface area contributed by atoms with Gasteiger partial charge < -0.3 is 22.8 Å². The van der Waals surface area contributed by atoms with Crippen molar-refractivity contribution in [1.29, 1.82) is 0 Å². The van der Waals surface area contributed by atoms with Crippen molar-refractivity contribution in [3.8, 4) is 0 Å². The second-order valence-corrected chi connectivity index (χ2v) is 28.7. The topological polar surface area (TPSA) is 46.2 Å². The third kappa shape index (κ3) is 5.81. The molecule has 0 spiro atoms. The monoisotopic (exact) mass is 504 g/mol. The zero-order valence-electron chi connectivity index (χ0n) is 23.6. The van der Waals surface area contributed by atoms with E-state index in [4.69, 9.17) is 22.8 Å². The van der Waals surface area contributed by atoms with E-state index in [1.807, 2.05) is 0 Å². The molecule has 0 aromatic heterocycles. The van der Waals surface area contributed by atoms with Crippen LogP contribution in [0.25, 0.3) is 0 Å². The average Bonchev–Trinajstić information content (AvgIpc) is 2.97. The number of hydrogen-bond donors (Lipinski definition) is 0. The summed E-state index contributed by atoms with van der Waals surface area (Å²) in [5, 5.41) is 0.272. The van der Waals surface area contributed by atoms with Gasteiger partial charge in [-0.15, -0.1) is 0 Å². The summed E-state index contributed by atoms with van der Waals surface area (Å²) in [6.45, 7) is 34.9. The Kier molecular flexibility index (Phi) is 7.92. The summed E-state index contributed by atoms with van der Waals surface area (Å²) >= 11 is 0. The highest BCUT2D eigenvalue weighted by Gasteiger charge is 2.58. The molecule has 8 heteroatoms. The first kappa shape index (κ1) is 28.7. The molecule has 0 aliphatic carbocycles. The fraction of sp³-hybridized carbons (Fsp3) is 1.00. The van der Waals surface area contributed by atoms with E-state index in [0.717, 1.165) is 0 Å². The fourth-order valence-corrected chi connectivity index (χ4v) is 7.19. The normalized spacial score (nSPS) is 30.7.